The number of carboxylic acid groups (broad SMARTS) is 1. The Labute approximate surface area is 127 Å². The molecule has 3 aromatic rings. The molecule has 0 spiro atoms. The maximum absolute atomic E-state index is 10.9. The Balaban J connectivity index is 2.01. The van der Waals surface area contributed by atoms with E-state index in [1.807, 2.05) is 31.2 Å². The Morgan fingerprint density at radius 2 is 1.91 bits per heavy atom. The molecule has 0 unspecified atom stereocenters. The molecule has 0 fully saturated rings. The first-order valence-electron chi connectivity index (χ1n) is 6.80. The second kappa shape index (κ2) is 5.37. The summed E-state index contributed by atoms with van der Waals surface area (Å²) in [6.45, 7) is 2.02. The predicted molar refractivity (Wildman–Crippen MR) is 85.1 cm³/mol. The van der Waals surface area contributed by atoms with Crippen LogP contribution in [0, 0.1) is 6.92 Å². The maximum atomic E-state index is 10.9. The number of hydrogen-bond acceptors (Lipinski definition) is 3. The van der Waals surface area contributed by atoms with Crippen molar-refractivity contribution in [3.8, 4) is 16.8 Å². The number of aromatic carboxylic acids is 1. The fourth-order valence-corrected chi connectivity index (χ4v) is 2.34. The van der Waals surface area contributed by atoms with Crippen LogP contribution in [-0.4, -0.2) is 20.9 Å². The van der Waals surface area contributed by atoms with Crippen LogP contribution in [0.4, 0.5) is 5.82 Å². The molecule has 0 saturated carbocycles. The van der Waals surface area contributed by atoms with E-state index in [1.165, 1.54) is 12.1 Å². The summed E-state index contributed by atoms with van der Waals surface area (Å²) in [5.74, 6) is -0.436. The van der Waals surface area contributed by atoms with Crippen LogP contribution in [0.3, 0.4) is 0 Å². The molecule has 5 heteroatoms. The zero-order valence-electron chi connectivity index (χ0n) is 12.0. The summed E-state index contributed by atoms with van der Waals surface area (Å²) in [6, 6.07) is 14.5. The van der Waals surface area contributed by atoms with Crippen molar-refractivity contribution in [3.63, 3.8) is 0 Å². The number of nitrogens with two attached hydrogens (primary N) is 1. The van der Waals surface area contributed by atoms with E-state index in [9.17, 15) is 4.79 Å². The largest absolute Gasteiger partial charge is 0.478 e. The third-order valence-corrected chi connectivity index (χ3v) is 3.49. The van der Waals surface area contributed by atoms with Gasteiger partial charge in [-0.25, -0.2) is 9.48 Å². The molecule has 0 radical (unpaired) electrons. The monoisotopic (exact) mass is 293 g/mol. The van der Waals surface area contributed by atoms with Crippen molar-refractivity contribution < 1.29 is 9.90 Å². The standard InChI is InChI=1S/C17H15N3O2/c1-11-3-2-4-13(9-11)15-10-19-20(16(15)18)14-7-5-12(6-8-14)17(21)22/h2-10H,18H2,1H3,(H,21,22). The Kier molecular flexibility index (Phi) is 3.39. The number of hydrogen-bond donors (Lipinski definition) is 2. The van der Waals surface area contributed by atoms with Crippen LogP contribution in [0.25, 0.3) is 16.8 Å². The highest BCUT2D eigenvalue weighted by atomic mass is 16.4. The number of benzene rings is 2. The van der Waals surface area contributed by atoms with E-state index in [1.54, 1.807) is 23.0 Å². The van der Waals surface area contributed by atoms with E-state index in [2.05, 4.69) is 5.10 Å². The molecule has 110 valence electrons. The van der Waals surface area contributed by atoms with Gasteiger partial charge in [0, 0.05) is 5.56 Å². The number of anilines is 1. The molecule has 22 heavy (non-hydrogen) atoms. The van der Waals surface area contributed by atoms with Gasteiger partial charge >= 0.3 is 5.97 Å². The second-order valence-electron chi connectivity index (χ2n) is 5.08. The molecule has 3 rings (SSSR count). The quantitative estimate of drug-likeness (QED) is 0.777. The lowest BCUT2D eigenvalue weighted by Crippen LogP contribution is -2.03. The summed E-state index contributed by atoms with van der Waals surface area (Å²) in [5, 5.41) is 13.2. The van der Waals surface area contributed by atoms with E-state index in [4.69, 9.17) is 10.8 Å². The molecule has 5 nitrogen and oxygen atoms in total. The highest BCUT2D eigenvalue weighted by Crippen LogP contribution is 2.28. The molecule has 0 amide bonds. The van der Waals surface area contributed by atoms with Crippen molar-refractivity contribution in [2.75, 3.05) is 5.73 Å². The van der Waals surface area contributed by atoms with E-state index in [-0.39, 0.29) is 5.56 Å². The molecule has 1 heterocycles. The number of carbonyl (C=O) groups is 1. The summed E-state index contributed by atoms with van der Waals surface area (Å²) in [5.41, 5.74) is 10.2. The van der Waals surface area contributed by atoms with Crippen LogP contribution in [0.5, 0.6) is 0 Å². The van der Waals surface area contributed by atoms with Crippen molar-refractivity contribution in [3.05, 3.63) is 65.9 Å². The number of aryl methyl sites for hydroxylation is 1. The lowest BCUT2D eigenvalue weighted by molar-refractivity contribution is 0.0697. The molecule has 0 atom stereocenters. The Hall–Kier alpha value is -3.08. The molecule has 1 aromatic heterocycles. The lowest BCUT2D eigenvalue weighted by Gasteiger charge is -2.06. The van der Waals surface area contributed by atoms with Crippen LogP contribution in [0.15, 0.2) is 54.7 Å². The van der Waals surface area contributed by atoms with Crippen molar-refractivity contribution in [2.24, 2.45) is 0 Å². The molecule has 0 saturated heterocycles. The average molecular weight is 293 g/mol. The first kappa shape index (κ1) is 13.9. The third kappa shape index (κ3) is 2.44. The van der Waals surface area contributed by atoms with Gasteiger partial charge in [0.1, 0.15) is 5.82 Å². The zero-order chi connectivity index (χ0) is 15.7. The molecular formula is C17H15N3O2. The Morgan fingerprint density at radius 1 is 1.18 bits per heavy atom. The summed E-state index contributed by atoms with van der Waals surface area (Å²) in [4.78, 5) is 10.9. The van der Waals surface area contributed by atoms with Gasteiger partial charge in [0.15, 0.2) is 0 Å². The molecule has 2 aromatic carbocycles. The summed E-state index contributed by atoms with van der Waals surface area (Å²) < 4.78 is 1.60. The highest BCUT2D eigenvalue weighted by molar-refractivity contribution is 5.87. The van der Waals surface area contributed by atoms with Gasteiger partial charge in [-0.3, -0.25) is 0 Å². The Morgan fingerprint density at radius 3 is 2.55 bits per heavy atom. The van der Waals surface area contributed by atoms with Gasteiger partial charge in [-0.2, -0.15) is 5.10 Å². The third-order valence-electron chi connectivity index (χ3n) is 3.49. The van der Waals surface area contributed by atoms with Gasteiger partial charge in [-0.05, 0) is 36.8 Å². The molecule has 0 aliphatic heterocycles. The van der Waals surface area contributed by atoms with E-state index >= 15 is 0 Å². The van der Waals surface area contributed by atoms with Crippen LogP contribution in [-0.2, 0) is 0 Å². The lowest BCUT2D eigenvalue weighted by atomic mass is 10.1. The Bertz CT molecular complexity index is 835. The van der Waals surface area contributed by atoms with Crippen molar-refractivity contribution in [1.29, 1.82) is 0 Å². The normalized spacial score (nSPS) is 10.6. The first-order chi connectivity index (χ1) is 10.6. The maximum Gasteiger partial charge on any atom is 0.335 e. The summed E-state index contributed by atoms with van der Waals surface area (Å²) in [7, 11) is 0. The fraction of sp³-hybridized carbons (Fsp3) is 0.0588. The van der Waals surface area contributed by atoms with Gasteiger partial charge in [-0.15, -0.1) is 0 Å². The van der Waals surface area contributed by atoms with Crippen molar-refractivity contribution in [1.82, 2.24) is 9.78 Å². The smallest absolute Gasteiger partial charge is 0.335 e. The van der Waals surface area contributed by atoms with E-state index < -0.39 is 5.97 Å². The number of rotatable bonds is 3. The van der Waals surface area contributed by atoms with Crippen molar-refractivity contribution in [2.45, 2.75) is 6.92 Å². The second-order valence-corrected chi connectivity index (χ2v) is 5.08. The topological polar surface area (TPSA) is 81.1 Å². The van der Waals surface area contributed by atoms with Crippen LogP contribution < -0.4 is 5.73 Å². The predicted octanol–water partition coefficient (Wildman–Crippen LogP) is 3.13. The van der Waals surface area contributed by atoms with Gasteiger partial charge < -0.3 is 10.8 Å². The number of nitrogens with zero attached hydrogens (tertiary/aromatic N) is 2. The number of nitrogen functional groups attached to an aromatic ring is 1. The van der Waals surface area contributed by atoms with Crippen LogP contribution >= 0.6 is 0 Å². The number of carboxylic acids is 1. The van der Waals surface area contributed by atoms with Crippen molar-refractivity contribution >= 4 is 11.8 Å². The molecule has 0 aliphatic rings. The van der Waals surface area contributed by atoms with Gasteiger partial charge in [0.2, 0.25) is 0 Å². The van der Waals surface area contributed by atoms with Gasteiger partial charge in [-0.1, -0.05) is 29.8 Å². The SMILES string of the molecule is Cc1cccc(-c2cnn(-c3ccc(C(=O)O)cc3)c2N)c1. The molecule has 0 bridgehead atoms. The fourth-order valence-electron chi connectivity index (χ4n) is 2.34. The summed E-state index contributed by atoms with van der Waals surface area (Å²) in [6.07, 6.45) is 1.72. The molecule has 3 N–H and O–H groups in total. The highest BCUT2D eigenvalue weighted by Gasteiger charge is 2.11. The summed E-state index contributed by atoms with van der Waals surface area (Å²) >= 11 is 0. The minimum Gasteiger partial charge on any atom is -0.478 e. The zero-order valence-corrected chi connectivity index (χ0v) is 12.0. The number of aromatic nitrogens is 2. The minimum absolute atomic E-state index is 0.230. The molecule has 0 aliphatic carbocycles. The van der Waals surface area contributed by atoms with Crippen LogP contribution in [0.1, 0.15) is 15.9 Å². The first-order valence-corrected chi connectivity index (χ1v) is 6.80. The molecular weight excluding hydrogens is 278 g/mol. The van der Waals surface area contributed by atoms with E-state index in [0.29, 0.717) is 5.82 Å². The van der Waals surface area contributed by atoms with E-state index in [0.717, 1.165) is 22.4 Å². The minimum atomic E-state index is -0.958. The van der Waals surface area contributed by atoms with Crippen LogP contribution in [0.2, 0.25) is 0 Å². The van der Waals surface area contributed by atoms with Gasteiger partial charge in [0.05, 0.1) is 17.4 Å². The van der Waals surface area contributed by atoms with Gasteiger partial charge in [0.25, 0.3) is 0 Å². The average Bonchev–Trinajstić information content (AvgIpc) is 2.89.